The summed E-state index contributed by atoms with van der Waals surface area (Å²) in [7, 11) is 0. The molecule has 0 amide bonds. The number of aliphatic hydroxyl groups is 1. The molecule has 1 fully saturated rings. The van der Waals surface area contributed by atoms with Crippen LogP contribution in [0.5, 0.6) is 0 Å². The second-order valence-electron chi connectivity index (χ2n) is 6.80. The molecule has 1 aromatic heterocycles. The molecule has 0 atom stereocenters. The Balaban J connectivity index is 1.57. The summed E-state index contributed by atoms with van der Waals surface area (Å²) in [5.41, 5.74) is 5.08. The molecule has 1 aromatic carbocycles. The Hall–Kier alpha value is -2.07. The number of nitrogens with zero attached hydrogens (tertiary/aromatic N) is 2. The second kappa shape index (κ2) is 7.67. The van der Waals surface area contributed by atoms with Gasteiger partial charge in [-0.1, -0.05) is 23.8 Å². The molecule has 3 rings (SSSR count). The first kappa shape index (κ1) is 16.8. The van der Waals surface area contributed by atoms with E-state index in [1.165, 1.54) is 22.4 Å². The number of piperidine rings is 1. The third kappa shape index (κ3) is 4.06. The highest BCUT2D eigenvalue weighted by Gasteiger charge is 2.18. The number of anilines is 2. The van der Waals surface area contributed by atoms with Crippen LogP contribution in [0.2, 0.25) is 0 Å². The van der Waals surface area contributed by atoms with Crippen molar-refractivity contribution in [2.75, 3.05) is 29.9 Å². The Morgan fingerprint density at radius 3 is 2.58 bits per heavy atom. The van der Waals surface area contributed by atoms with Crippen LogP contribution in [0.25, 0.3) is 0 Å². The molecule has 4 nitrogen and oxygen atoms in total. The molecule has 0 radical (unpaired) electrons. The minimum absolute atomic E-state index is 0.313. The van der Waals surface area contributed by atoms with Crippen LogP contribution in [-0.2, 0) is 6.54 Å². The average Bonchev–Trinajstić information content (AvgIpc) is 2.62. The van der Waals surface area contributed by atoms with E-state index >= 15 is 0 Å². The maximum absolute atomic E-state index is 9.23. The summed E-state index contributed by atoms with van der Waals surface area (Å²) in [4.78, 5) is 6.91. The number of pyridine rings is 1. The van der Waals surface area contributed by atoms with E-state index in [4.69, 9.17) is 0 Å². The van der Waals surface area contributed by atoms with E-state index < -0.39 is 0 Å². The van der Waals surface area contributed by atoms with Crippen molar-refractivity contribution in [3.8, 4) is 0 Å². The Labute approximate surface area is 144 Å². The minimum atomic E-state index is 0.313. The monoisotopic (exact) mass is 325 g/mol. The lowest BCUT2D eigenvalue weighted by Gasteiger charge is -2.32. The van der Waals surface area contributed by atoms with Gasteiger partial charge in [-0.05, 0) is 55.9 Å². The van der Waals surface area contributed by atoms with Gasteiger partial charge in [0.05, 0.1) is 11.9 Å². The lowest BCUT2D eigenvalue weighted by Crippen LogP contribution is -2.34. The van der Waals surface area contributed by atoms with Crippen LogP contribution in [0.1, 0.15) is 29.5 Å². The smallest absolute Gasteiger partial charge is 0.126 e. The second-order valence-corrected chi connectivity index (χ2v) is 6.80. The van der Waals surface area contributed by atoms with Crippen LogP contribution in [0.15, 0.2) is 36.5 Å². The van der Waals surface area contributed by atoms with Crippen LogP contribution in [0.3, 0.4) is 0 Å². The van der Waals surface area contributed by atoms with E-state index in [0.29, 0.717) is 12.5 Å². The fraction of sp³-hybridized carbons (Fsp3) is 0.450. The standard InChI is InChI=1S/C20H27N3O/c1-15-3-4-18(16(2)11-15)12-21-20-6-5-19(13-22-20)23-9-7-17(14-24)8-10-23/h3-6,11,13,17,24H,7-10,12,14H2,1-2H3,(H,21,22). The Bertz CT molecular complexity index is 661. The van der Waals surface area contributed by atoms with Crippen LogP contribution in [0, 0.1) is 19.8 Å². The average molecular weight is 325 g/mol. The van der Waals surface area contributed by atoms with Gasteiger partial charge in [0, 0.05) is 26.2 Å². The topological polar surface area (TPSA) is 48.4 Å². The predicted octanol–water partition coefficient (Wildman–Crippen LogP) is 3.52. The third-order valence-electron chi connectivity index (χ3n) is 4.94. The highest BCUT2D eigenvalue weighted by Crippen LogP contribution is 2.23. The number of nitrogens with one attached hydrogen (secondary N) is 1. The molecule has 128 valence electrons. The first-order valence-electron chi connectivity index (χ1n) is 8.77. The number of benzene rings is 1. The Morgan fingerprint density at radius 1 is 1.17 bits per heavy atom. The third-order valence-corrected chi connectivity index (χ3v) is 4.94. The van der Waals surface area contributed by atoms with Gasteiger partial charge in [-0.3, -0.25) is 0 Å². The van der Waals surface area contributed by atoms with Crippen molar-refractivity contribution in [1.29, 1.82) is 0 Å². The quantitative estimate of drug-likeness (QED) is 0.883. The van der Waals surface area contributed by atoms with Gasteiger partial charge in [0.15, 0.2) is 0 Å². The molecule has 0 unspecified atom stereocenters. The van der Waals surface area contributed by atoms with Gasteiger partial charge in [-0.2, -0.15) is 0 Å². The first-order chi connectivity index (χ1) is 11.7. The van der Waals surface area contributed by atoms with Crippen molar-refractivity contribution in [2.45, 2.75) is 33.2 Å². The molecule has 2 N–H and O–H groups in total. The molecule has 4 heteroatoms. The zero-order chi connectivity index (χ0) is 16.9. The van der Waals surface area contributed by atoms with Crippen molar-refractivity contribution in [2.24, 2.45) is 5.92 Å². The molecular formula is C20H27N3O. The number of aryl methyl sites for hydroxylation is 2. The lowest BCUT2D eigenvalue weighted by molar-refractivity contribution is 0.203. The summed E-state index contributed by atoms with van der Waals surface area (Å²) < 4.78 is 0. The zero-order valence-electron chi connectivity index (χ0n) is 14.6. The first-order valence-corrected chi connectivity index (χ1v) is 8.77. The van der Waals surface area contributed by atoms with Crippen molar-refractivity contribution < 1.29 is 5.11 Å². The number of rotatable bonds is 5. The molecule has 1 saturated heterocycles. The van der Waals surface area contributed by atoms with Gasteiger partial charge < -0.3 is 15.3 Å². The van der Waals surface area contributed by atoms with Crippen LogP contribution < -0.4 is 10.2 Å². The maximum atomic E-state index is 9.23. The van der Waals surface area contributed by atoms with Gasteiger partial charge in [-0.15, -0.1) is 0 Å². The van der Waals surface area contributed by atoms with E-state index in [1.54, 1.807) is 0 Å². The summed E-state index contributed by atoms with van der Waals surface area (Å²) in [6, 6.07) is 10.7. The molecule has 0 saturated carbocycles. The van der Waals surface area contributed by atoms with Gasteiger partial charge in [0.2, 0.25) is 0 Å². The molecule has 1 aliphatic rings. The van der Waals surface area contributed by atoms with E-state index in [2.05, 4.69) is 59.4 Å². The highest BCUT2D eigenvalue weighted by atomic mass is 16.3. The number of aliphatic hydroxyl groups excluding tert-OH is 1. The Morgan fingerprint density at radius 2 is 1.96 bits per heavy atom. The van der Waals surface area contributed by atoms with Gasteiger partial charge in [0.25, 0.3) is 0 Å². The predicted molar refractivity (Wildman–Crippen MR) is 99.5 cm³/mol. The number of aromatic nitrogens is 1. The maximum Gasteiger partial charge on any atom is 0.126 e. The molecule has 0 aliphatic carbocycles. The van der Waals surface area contributed by atoms with E-state index in [9.17, 15) is 5.11 Å². The van der Waals surface area contributed by atoms with Gasteiger partial charge in [-0.25, -0.2) is 4.98 Å². The van der Waals surface area contributed by atoms with E-state index in [1.807, 2.05) is 6.20 Å². The zero-order valence-corrected chi connectivity index (χ0v) is 14.6. The van der Waals surface area contributed by atoms with Crippen LogP contribution >= 0.6 is 0 Å². The van der Waals surface area contributed by atoms with Gasteiger partial charge >= 0.3 is 0 Å². The van der Waals surface area contributed by atoms with Crippen LogP contribution in [0.4, 0.5) is 11.5 Å². The molecule has 0 bridgehead atoms. The fourth-order valence-corrected chi connectivity index (χ4v) is 3.28. The summed E-state index contributed by atoms with van der Waals surface area (Å²) in [5, 5.41) is 12.6. The molecule has 1 aliphatic heterocycles. The van der Waals surface area contributed by atoms with Crippen molar-refractivity contribution in [3.05, 3.63) is 53.2 Å². The van der Waals surface area contributed by atoms with E-state index in [-0.39, 0.29) is 0 Å². The summed E-state index contributed by atoms with van der Waals surface area (Å²) in [6.07, 6.45) is 4.07. The molecular weight excluding hydrogens is 298 g/mol. The number of hydrogen-bond acceptors (Lipinski definition) is 4. The Kier molecular flexibility index (Phi) is 5.36. The highest BCUT2D eigenvalue weighted by molar-refractivity contribution is 5.50. The summed E-state index contributed by atoms with van der Waals surface area (Å²) in [6.45, 7) is 7.38. The van der Waals surface area contributed by atoms with Crippen molar-refractivity contribution in [1.82, 2.24) is 4.98 Å². The molecule has 0 spiro atoms. The fourth-order valence-electron chi connectivity index (χ4n) is 3.28. The molecule has 24 heavy (non-hydrogen) atoms. The van der Waals surface area contributed by atoms with Crippen molar-refractivity contribution >= 4 is 11.5 Å². The molecule has 2 heterocycles. The SMILES string of the molecule is Cc1ccc(CNc2ccc(N3CCC(CO)CC3)cn2)c(C)c1. The molecule has 2 aromatic rings. The number of hydrogen-bond donors (Lipinski definition) is 2. The normalized spacial score (nSPS) is 15.5. The largest absolute Gasteiger partial charge is 0.396 e. The lowest BCUT2D eigenvalue weighted by atomic mass is 9.98. The minimum Gasteiger partial charge on any atom is -0.396 e. The van der Waals surface area contributed by atoms with Gasteiger partial charge in [0.1, 0.15) is 5.82 Å². The summed E-state index contributed by atoms with van der Waals surface area (Å²) >= 11 is 0. The van der Waals surface area contributed by atoms with Crippen molar-refractivity contribution in [3.63, 3.8) is 0 Å². The van der Waals surface area contributed by atoms with E-state index in [0.717, 1.165) is 38.3 Å². The van der Waals surface area contributed by atoms with Crippen LogP contribution in [-0.4, -0.2) is 29.8 Å². The summed E-state index contributed by atoms with van der Waals surface area (Å²) in [5.74, 6) is 1.37.